The van der Waals surface area contributed by atoms with Crippen LogP contribution in [0, 0.1) is 17.5 Å². The summed E-state index contributed by atoms with van der Waals surface area (Å²) in [6.07, 6.45) is -0.374. The van der Waals surface area contributed by atoms with Gasteiger partial charge in [0.05, 0.1) is 0 Å². The lowest BCUT2D eigenvalue weighted by Gasteiger charge is -2.59. The van der Waals surface area contributed by atoms with E-state index in [-0.39, 0.29) is 22.5 Å². The normalized spacial score (nSPS) is 21.3. The minimum absolute atomic E-state index is 0.374. The summed E-state index contributed by atoms with van der Waals surface area (Å²) in [5.74, 6) is -3.64. The van der Waals surface area contributed by atoms with E-state index in [4.69, 9.17) is 4.74 Å². The van der Waals surface area contributed by atoms with Crippen molar-refractivity contribution < 1.29 is 17.9 Å². The molecule has 1 aliphatic rings. The maximum atomic E-state index is 13.5. The molecule has 0 unspecified atom stereocenters. The number of hydrogen-bond donors (Lipinski definition) is 1. The molecule has 0 aromatic heterocycles. The summed E-state index contributed by atoms with van der Waals surface area (Å²) < 4.78 is 45.1. The lowest BCUT2D eigenvalue weighted by molar-refractivity contribution is 0.0568. The fourth-order valence-corrected chi connectivity index (χ4v) is 2.83. The Hall–Kier alpha value is -0.970. The minimum atomic E-state index is -1.24. The van der Waals surface area contributed by atoms with Crippen LogP contribution in [-0.2, 0) is 0 Å². The topological polar surface area (TPSA) is 21.3 Å². The second-order valence-corrected chi connectivity index (χ2v) is 5.77. The molecule has 1 heterocycles. The Morgan fingerprint density at radius 2 is 1.61 bits per heavy atom. The molecule has 1 aromatic rings. The standard InChI is InChI=1S/C9H12B4F3NO/c10-8(11)7(9(12,13)17-8)18-5-2-3(14)1-4(15)6(5)16/h1-2,7,17H,10-13H2. The molecule has 18 heavy (non-hydrogen) atoms. The largest absolute Gasteiger partial charge is 0.486 e. The van der Waals surface area contributed by atoms with E-state index in [1.54, 1.807) is 0 Å². The maximum absolute atomic E-state index is 13.5. The van der Waals surface area contributed by atoms with Gasteiger partial charge in [0.2, 0.25) is 5.82 Å². The van der Waals surface area contributed by atoms with Crippen molar-refractivity contribution in [1.29, 1.82) is 0 Å². The van der Waals surface area contributed by atoms with Crippen LogP contribution in [0.25, 0.3) is 0 Å². The third-order valence-electron chi connectivity index (χ3n) is 3.16. The number of rotatable bonds is 2. The number of benzene rings is 1. The van der Waals surface area contributed by atoms with Gasteiger partial charge in [-0.1, -0.05) is 0 Å². The van der Waals surface area contributed by atoms with Gasteiger partial charge in [0.1, 0.15) is 43.3 Å². The van der Waals surface area contributed by atoms with Gasteiger partial charge in [0.15, 0.2) is 11.6 Å². The smallest absolute Gasteiger partial charge is 0.200 e. The molecule has 0 saturated carbocycles. The van der Waals surface area contributed by atoms with Crippen molar-refractivity contribution in [3.63, 3.8) is 0 Å². The molecule has 9 heteroatoms. The molecular formula is C9H12B4F3NO. The summed E-state index contributed by atoms with van der Waals surface area (Å²) in [5.41, 5.74) is 0. The van der Waals surface area contributed by atoms with Crippen LogP contribution in [-0.4, -0.2) is 48.2 Å². The Balaban J connectivity index is 2.30. The van der Waals surface area contributed by atoms with Crippen molar-refractivity contribution in [3.8, 4) is 5.75 Å². The fraction of sp³-hybridized carbons (Fsp3) is 0.333. The zero-order valence-corrected chi connectivity index (χ0v) is 10.8. The predicted molar refractivity (Wildman–Crippen MR) is 73.5 cm³/mol. The summed E-state index contributed by atoms with van der Waals surface area (Å²) in [6, 6.07) is 1.36. The van der Waals surface area contributed by atoms with E-state index >= 15 is 0 Å². The summed E-state index contributed by atoms with van der Waals surface area (Å²) >= 11 is 0. The maximum Gasteiger partial charge on any atom is 0.200 e. The second-order valence-electron chi connectivity index (χ2n) is 5.77. The molecule has 2 nitrogen and oxygen atoms in total. The van der Waals surface area contributed by atoms with Crippen molar-refractivity contribution in [1.82, 2.24) is 5.32 Å². The SMILES string of the molecule is BC1(B)NC(B)(B)C1Oc1cc(F)cc(F)c1F. The molecule has 1 aliphatic heterocycles. The van der Waals surface area contributed by atoms with Crippen LogP contribution in [0.3, 0.4) is 0 Å². The molecule has 1 saturated heterocycles. The van der Waals surface area contributed by atoms with Gasteiger partial charge in [-0.3, -0.25) is 0 Å². The van der Waals surface area contributed by atoms with E-state index in [1.807, 2.05) is 31.4 Å². The zero-order valence-electron chi connectivity index (χ0n) is 10.8. The van der Waals surface area contributed by atoms with Gasteiger partial charge < -0.3 is 10.1 Å². The van der Waals surface area contributed by atoms with Gasteiger partial charge in [-0.05, 0) is 10.7 Å². The molecule has 1 aromatic carbocycles. The lowest BCUT2D eigenvalue weighted by Crippen LogP contribution is -2.86. The summed E-state index contributed by atoms with van der Waals surface area (Å²) in [7, 11) is 7.54. The van der Waals surface area contributed by atoms with Gasteiger partial charge in [-0.25, -0.2) is 8.78 Å². The molecule has 92 valence electrons. The monoisotopic (exact) mass is 251 g/mol. The average Bonchev–Trinajstić information content (AvgIpc) is 2.19. The summed E-state index contributed by atoms with van der Waals surface area (Å²) in [6.45, 7) is 0. The van der Waals surface area contributed by atoms with Crippen molar-refractivity contribution in [2.24, 2.45) is 0 Å². The Morgan fingerprint density at radius 1 is 1.06 bits per heavy atom. The highest BCUT2D eigenvalue weighted by molar-refractivity contribution is 6.49. The molecule has 0 aliphatic carbocycles. The number of ether oxygens (including phenoxy) is 1. The van der Waals surface area contributed by atoms with Crippen molar-refractivity contribution in [2.75, 3.05) is 0 Å². The van der Waals surface area contributed by atoms with Crippen molar-refractivity contribution in [3.05, 3.63) is 29.6 Å². The predicted octanol–water partition coefficient (Wildman–Crippen LogP) is -2.71. The van der Waals surface area contributed by atoms with Gasteiger partial charge >= 0.3 is 0 Å². The molecular weight excluding hydrogens is 238 g/mol. The number of hydrogen-bond acceptors (Lipinski definition) is 2. The van der Waals surface area contributed by atoms with Gasteiger partial charge in [-0.2, -0.15) is 4.39 Å². The second kappa shape index (κ2) is 4.02. The molecule has 2 rings (SSSR count). The van der Waals surface area contributed by atoms with Crippen LogP contribution < -0.4 is 10.1 Å². The van der Waals surface area contributed by atoms with Crippen LogP contribution in [0.5, 0.6) is 5.75 Å². The first-order valence-electron chi connectivity index (χ1n) is 5.74. The Morgan fingerprint density at radius 3 is 2.11 bits per heavy atom. The fourth-order valence-electron chi connectivity index (χ4n) is 2.83. The molecule has 0 atom stereocenters. The minimum Gasteiger partial charge on any atom is -0.486 e. The molecule has 0 bridgehead atoms. The number of halogens is 3. The van der Waals surface area contributed by atoms with Crippen molar-refractivity contribution in [2.45, 2.75) is 16.8 Å². The average molecular weight is 250 g/mol. The summed E-state index contributed by atoms with van der Waals surface area (Å²) in [5, 5.41) is 2.49. The van der Waals surface area contributed by atoms with E-state index in [9.17, 15) is 13.2 Å². The first-order valence-corrected chi connectivity index (χ1v) is 5.74. The van der Waals surface area contributed by atoms with E-state index in [0.717, 1.165) is 6.07 Å². The third kappa shape index (κ3) is 2.16. The molecule has 1 fully saturated rings. The van der Waals surface area contributed by atoms with Crippen LogP contribution in [0.15, 0.2) is 12.1 Å². The zero-order chi connectivity index (χ0) is 13.7. The van der Waals surface area contributed by atoms with Crippen LogP contribution >= 0.6 is 0 Å². The lowest BCUT2D eigenvalue weighted by atomic mass is 9.38. The third-order valence-corrected chi connectivity index (χ3v) is 3.16. The van der Waals surface area contributed by atoms with E-state index in [1.165, 1.54) is 0 Å². The Kier molecular flexibility index (Phi) is 3.00. The van der Waals surface area contributed by atoms with Gasteiger partial charge in [0, 0.05) is 12.1 Å². The highest BCUT2D eigenvalue weighted by Gasteiger charge is 2.53. The molecule has 0 spiro atoms. The molecule has 1 N–H and O–H groups in total. The quantitative estimate of drug-likeness (QED) is 0.455. The van der Waals surface area contributed by atoms with Crippen LogP contribution in [0.4, 0.5) is 13.2 Å². The highest BCUT2D eigenvalue weighted by atomic mass is 19.2. The van der Waals surface area contributed by atoms with Crippen LogP contribution in [0.2, 0.25) is 0 Å². The van der Waals surface area contributed by atoms with E-state index in [0.29, 0.717) is 6.07 Å². The Labute approximate surface area is 107 Å². The molecule has 0 amide bonds. The van der Waals surface area contributed by atoms with Gasteiger partial charge in [0.25, 0.3) is 0 Å². The van der Waals surface area contributed by atoms with E-state index in [2.05, 4.69) is 5.32 Å². The molecule has 0 radical (unpaired) electrons. The Bertz CT molecular complexity index is 483. The number of nitrogens with one attached hydrogen (secondary N) is 1. The first-order chi connectivity index (χ1) is 8.13. The summed E-state index contributed by atoms with van der Waals surface area (Å²) in [4.78, 5) is 0. The van der Waals surface area contributed by atoms with Crippen LogP contribution in [0.1, 0.15) is 0 Å². The van der Waals surface area contributed by atoms with E-state index < -0.39 is 17.5 Å². The first kappa shape index (κ1) is 13.5. The van der Waals surface area contributed by atoms with Crippen molar-refractivity contribution >= 4 is 31.4 Å². The van der Waals surface area contributed by atoms with Gasteiger partial charge in [-0.15, -0.1) is 0 Å². The highest BCUT2D eigenvalue weighted by Crippen LogP contribution is 2.32.